The fourth-order valence-corrected chi connectivity index (χ4v) is 2.46. The van der Waals surface area contributed by atoms with E-state index in [2.05, 4.69) is 5.32 Å². The molecule has 2 N–H and O–H groups in total. The van der Waals surface area contributed by atoms with Crippen LogP contribution in [0.25, 0.3) is 0 Å². The van der Waals surface area contributed by atoms with Crippen LogP contribution in [0.1, 0.15) is 27.0 Å². The smallest absolute Gasteiger partial charge is 0.345 e. The van der Waals surface area contributed by atoms with Crippen LogP contribution in [0.2, 0.25) is 0 Å². The highest BCUT2D eigenvalue weighted by Crippen LogP contribution is 2.20. The van der Waals surface area contributed by atoms with Crippen molar-refractivity contribution < 1.29 is 22.8 Å². The third kappa shape index (κ3) is 4.84. The molecule has 1 rings (SSSR count). The topological polar surface area (TPSA) is 58.2 Å². The van der Waals surface area contributed by atoms with Crippen LogP contribution in [0.4, 0.5) is 13.2 Å². The van der Waals surface area contributed by atoms with Crippen molar-refractivity contribution in [2.45, 2.75) is 33.0 Å². The normalized spacial score (nSPS) is 12.9. The maximum absolute atomic E-state index is 12.0. The van der Waals surface area contributed by atoms with Crippen molar-refractivity contribution in [3.05, 3.63) is 21.4 Å². The van der Waals surface area contributed by atoms with Gasteiger partial charge in [0.2, 0.25) is 5.91 Å². The monoisotopic (exact) mass is 308 g/mol. The summed E-state index contributed by atoms with van der Waals surface area (Å²) in [4.78, 5) is 24.7. The van der Waals surface area contributed by atoms with E-state index in [1.54, 1.807) is 12.2 Å². The Morgan fingerprint density at radius 1 is 1.35 bits per heavy atom. The van der Waals surface area contributed by atoms with Gasteiger partial charge < -0.3 is 10.6 Å². The predicted octanol–water partition coefficient (Wildman–Crippen LogP) is 2.16. The Bertz CT molecular complexity index is 511. The van der Waals surface area contributed by atoms with Gasteiger partial charge in [0.05, 0.1) is 4.88 Å². The summed E-state index contributed by atoms with van der Waals surface area (Å²) in [6.07, 6.45) is -4.47. The van der Waals surface area contributed by atoms with Crippen LogP contribution in [0, 0.1) is 13.8 Å². The lowest BCUT2D eigenvalue weighted by molar-refractivity contribution is -0.139. The van der Waals surface area contributed by atoms with Crippen LogP contribution in [-0.4, -0.2) is 30.6 Å². The molecule has 0 aromatic carbocycles. The van der Waals surface area contributed by atoms with Crippen molar-refractivity contribution in [1.82, 2.24) is 10.6 Å². The molecule has 112 valence electrons. The molecule has 8 heteroatoms. The van der Waals surface area contributed by atoms with Crippen LogP contribution >= 0.6 is 11.3 Å². The molecule has 0 aliphatic rings. The Labute approximate surface area is 118 Å². The largest absolute Gasteiger partial charge is 0.405 e. The SMILES string of the molecule is Cc1cc(C)c(C(=O)NC(C)C(=O)NCC(F)(F)F)s1. The number of thiophene rings is 1. The first-order valence-corrected chi connectivity index (χ1v) is 6.64. The van der Waals surface area contributed by atoms with Gasteiger partial charge in [-0.3, -0.25) is 9.59 Å². The first-order valence-electron chi connectivity index (χ1n) is 5.82. The fourth-order valence-electron chi connectivity index (χ4n) is 1.53. The number of aryl methyl sites for hydroxylation is 2. The molecule has 4 nitrogen and oxygen atoms in total. The molecule has 2 amide bonds. The van der Waals surface area contributed by atoms with Crippen LogP contribution in [0.3, 0.4) is 0 Å². The lowest BCUT2D eigenvalue weighted by Gasteiger charge is -2.14. The van der Waals surface area contributed by atoms with E-state index in [1.807, 2.05) is 13.0 Å². The zero-order valence-electron chi connectivity index (χ0n) is 11.2. The van der Waals surface area contributed by atoms with E-state index in [0.717, 1.165) is 10.4 Å². The molecular weight excluding hydrogens is 293 g/mol. The molecule has 0 radical (unpaired) electrons. The van der Waals surface area contributed by atoms with E-state index in [9.17, 15) is 22.8 Å². The number of hydrogen-bond acceptors (Lipinski definition) is 3. The van der Waals surface area contributed by atoms with Crippen molar-refractivity contribution in [3.8, 4) is 0 Å². The molecule has 1 aromatic heterocycles. The second kappa shape index (κ2) is 6.25. The highest BCUT2D eigenvalue weighted by atomic mass is 32.1. The van der Waals surface area contributed by atoms with Crippen LogP contribution in [-0.2, 0) is 4.79 Å². The number of halogens is 3. The van der Waals surface area contributed by atoms with E-state index in [1.165, 1.54) is 18.3 Å². The summed E-state index contributed by atoms with van der Waals surface area (Å²) in [7, 11) is 0. The molecule has 0 aliphatic carbocycles. The minimum absolute atomic E-state index is 0.456. The molecule has 0 aliphatic heterocycles. The minimum atomic E-state index is -4.47. The Morgan fingerprint density at radius 3 is 2.40 bits per heavy atom. The van der Waals surface area contributed by atoms with Gasteiger partial charge in [0.1, 0.15) is 12.6 Å². The van der Waals surface area contributed by atoms with Gasteiger partial charge in [0.25, 0.3) is 5.91 Å². The van der Waals surface area contributed by atoms with Gasteiger partial charge in [-0.1, -0.05) is 0 Å². The van der Waals surface area contributed by atoms with Crippen molar-refractivity contribution in [3.63, 3.8) is 0 Å². The molecule has 0 fully saturated rings. The molecule has 1 atom stereocenters. The molecular formula is C12H15F3N2O2S. The number of amides is 2. The third-order valence-corrected chi connectivity index (χ3v) is 3.60. The quantitative estimate of drug-likeness (QED) is 0.895. The molecule has 0 saturated heterocycles. The van der Waals surface area contributed by atoms with Crippen LogP contribution in [0.5, 0.6) is 0 Å². The van der Waals surface area contributed by atoms with Gasteiger partial charge in [-0.05, 0) is 32.4 Å². The maximum atomic E-state index is 12.0. The molecule has 0 bridgehead atoms. The molecule has 1 aromatic rings. The first-order chi connectivity index (χ1) is 9.10. The Balaban J connectivity index is 2.57. The molecule has 1 unspecified atom stereocenters. The average Bonchev–Trinajstić information content (AvgIpc) is 2.64. The van der Waals surface area contributed by atoms with Crippen molar-refractivity contribution in [2.24, 2.45) is 0 Å². The van der Waals surface area contributed by atoms with Gasteiger partial charge in [0.15, 0.2) is 0 Å². The molecule has 0 saturated carbocycles. The Hall–Kier alpha value is -1.57. The van der Waals surface area contributed by atoms with E-state index in [0.29, 0.717) is 4.88 Å². The van der Waals surface area contributed by atoms with Gasteiger partial charge in [-0.2, -0.15) is 13.2 Å². The first kappa shape index (κ1) is 16.5. The Kier molecular flexibility index (Phi) is 5.15. The number of carbonyl (C=O) groups excluding carboxylic acids is 2. The standard InChI is InChI=1S/C12H15F3N2O2S/c1-6-4-7(2)20-9(6)11(19)17-8(3)10(18)16-5-12(13,14)15/h4,8H,5H2,1-3H3,(H,16,18)(H,17,19). The summed E-state index contributed by atoms with van der Waals surface area (Å²) in [5, 5.41) is 4.10. The van der Waals surface area contributed by atoms with E-state index in [4.69, 9.17) is 0 Å². The van der Waals surface area contributed by atoms with Gasteiger partial charge >= 0.3 is 6.18 Å². The fraction of sp³-hybridized carbons (Fsp3) is 0.500. The van der Waals surface area contributed by atoms with Gasteiger partial charge in [-0.15, -0.1) is 11.3 Å². The molecule has 20 heavy (non-hydrogen) atoms. The van der Waals surface area contributed by atoms with Crippen LogP contribution in [0.15, 0.2) is 6.07 Å². The second-order valence-corrected chi connectivity index (χ2v) is 5.65. The van der Waals surface area contributed by atoms with Crippen molar-refractivity contribution in [1.29, 1.82) is 0 Å². The van der Waals surface area contributed by atoms with Crippen LogP contribution < -0.4 is 10.6 Å². The summed E-state index contributed by atoms with van der Waals surface area (Å²) < 4.78 is 35.9. The summed E-state index contributed by atoms with van der Waals surface area (Å²) >= 11 is 1.27. The highest BCUT2D eigenvalue weighted by Gasteiger charge is 2.29. The zero-order valence-corrected chi connectivity index (χ0v) is 12.0. The van der Waals surface area contributed by atoms with Gasteiger partial charge in [-0.25, -0.2) is 0 Å². The number of carbonyl (C=O) groups is 2. The van der Waals surface area contributed by atoms with E-state index < -0.39 is 30.6 Å². The van der Waals surface area contributed by atoms with E-state index in [-0.39, 0.29) is 0 Å². The summed E-state index contributed by atoms with van der Waals surface area (Å²) in [5.74, 6) is -1.34. The zero-order chi connectivity index (χ0) is 15.5. The van der Waals surface area contributed by atoms with Crippen molar-refractivity contribution >= 4 is 23.2 Å². The lowest BCUT2D eigenvalue weighted by atomic mass is 10.2. The summed E-state index contributed by atoms with van der Waals surface area (Å²) in [5.41, 5.74) is 0.771. The Morgan fingerprint density at radius 2 is 1.95 bits per heavy atom. The second-order valence-electron chi connectivity index (χ2n) is 4.40. The average molecular weight is 308 g/mol. The summed E-state index contributed by atoms with van der Waals surface area (Å²) in [6, 6.07) is 0.792. The minimum Gasteiger partial charge on any atom is -0.345 e. The lowest BCUT2D eigenvalue weighted by Crippen LogP contribution is -2.47. The predicted molar refractivity (Wildman–Crippen MR) is 69.8 cm³/mol. The number of nitrogens with one attached hydrogen (secondary N) is 2. The molecule has 1 heterocycles. The number of rotatable bonds is 4. The molecule has 0 spiro atoms. The van der Waals surface area contributed by atoms with E-state index >= 15 is 0 Å². The van der Waals surface area contributed by atoms with Gasteiger partial charge in [0, 0.05) is 4.88 Å². The number of alkyl halides is 3. The maximum Gasteiger partial charge on any atom is 0.405 e. The van der Waals surface area contributed by atoms with Crippen molar-refractivity contribution in [2.75, 3.05) is 6.54 Å². The summed E-state index contributed by atoms with van der Waals surface area (Å²) in [6.45, 7) is 3.52. The number of hydrogen-bond donors (Lipinski definition) is 2. The third-order valence-electron chi connectivity index (χ3n) is 2.45. The highest BCUT2D eigenvalue weighted by molar-refractivity contribution is 7.14.